The van der Waals surface area contributed by atoms with Crippen molar-refractivity contribution in [2.45, 2.75) is 31.3 Å². The Bertz CT molecular complexity index is 662. The quantitative estimate of drug-likeness (QED) is 0.838. The molecule has 0 bridgehead atoms. The average molecular weight is 345 g/mol. The first kappa shape index (κ1) is 16.6. The smallest absolute Gasteiger partial charge is 0.244 e. The van der Waals surface area contributed by atoms with Gasteiger partial charge in [-0.2, -0.15) is 4.31 Å². The Morgan fingerprint density at radius 3 is 2.76 bits per heavy atom. The predicted molar refractivity (Wildman–Crippen MR) is 89.4 cm³/mol. The van der Waals surface area contributed by atoms with E-state index in [9.17, 15) is 8.42 Å². The molecule has 0 aliphatic carbocycles. The third-order valence-electron chi connectivity index (χ3n) is 3.36. The Balaban J connectivity index is 2.19. The van der Waals surface area contributed by atoms with Crippen LogP contribution in [0, 0.1) is 0 Å². The summed E-state index contributed by atoms with van der Waals surface area (Å²) >= 11 is 3.05. The van der Waals surface area contributed by atoms with Crippen LogP contribution in [0.5, 0.6) is 0 Å². The number of nitrogens with zero attached hydrogens (tertiary/aromatic N) is 1. The van der Waals surface area contributed by atoms with Gasteiger partial charge in [0.25, 0.3) is 0 Å². The fourth-order valence-electron chi connectivity index (χ4n) is 1.92. The summed E-state index contributed by atoms with van der Waals surface area (Å²) in [5.41, 5.74) is 0. The molecular formula is C14H20N2O2S3. The molecule has 2 aromatic rings. The second kappa shape index (κ2) is 7.02. The zero-order valence-electron chi connectivity index (χ0n) is 12.4. The third-order valence-corrected chi connectivity index (χ3v) is 7.39. The van der Waals surface area contributed by atoms with Crippen LogP contribution < -0.4 is 5.32 Å². The molecule has 1 atom stereocenters. The van der Waals surface area contributed by atoms with Crippen LogP contribution >= 0.6 is 22.7 Å². The first-order valence-corrected chi connectivity index (χ1v) is 9.96. The molecule has 2 heterocycles. The number of sulfonamides is 1. The number of thiophene rings is 2. The first-order chi connectivity index (χ1) is 9.96. The molecule has 0 saturated carbocycles. The van der Waals surface area contributed by atoms with Crippen LogP contribution in [0.3, 0.4) is 0 Å². The van der Waals surface area contributed by atoms with Gasteiger partial charge in [-0.25, -0.2) is 8.42 Å². The van der Waals surface area contributed by atoms with E-state index in [0.717, 1.165) is 16.3 Å². The van der Waals surface area contributed by atoms with Crippen molar-refractivity contribution < 1.29 is 8.42 Å². The molecule has 2 aromatic heterocycles. The Morgan fingerprint density at radius 1 is 1.38 bits per heavy atom. The minimum atomic E-state index is -3.45. The van der Waals surface area contributed by atoms with Crippen molar-refractivity contribution >= 4 is 32.7 Å². The number of hydrogen-bond acceptors (Lipinski definition) is 5. The summed E-state index contributed by atoms with van der Waals surface area (Å²) < 4.78 is 26.8. The van der Waals surface area contributed by atoms with Crippen molar-refractivity contribution in [3.8, 4) is 0 Å². The zero-order valence-corrected chi connectivity index (χ0v) is 14.8. The summed E-state index contributed by atoms with van der Waals surface area (Å²) in [4.78, 5) is 2.46. The topological polar surface area (TPSA) is 49.4 Å². The van der Waals surface area contributed by atoms with E-state index in [0.29, 0.717) is 11.4 Å². The number of nitrogens with one attached hydrogen (secondary N) is 1. The van der Waals surface area contributed by atoms with Crippen LogP contribution in [0.15, 0.2) is 33.9 Å². The normalized spacial score (nSPS) is 13.7. The second-order valence-corrected chi connectivity index (χ2v) is 8.71. The van der Waals surface area contributed by atoms with E-state index in [1.54, 1.807) is 29.8 Å². The van der Waals surface area contributed by atoms with Gasteiger partial charge in [0.15, 0.2) is 0 Å². The van der Waals surface area contributed by atoms with Crippen LogP contribution in [0.1, 0.15) is 29.6 Å². The molecule has 7 heteroatoms. The molecule has 0 fully saturated rings. The molecule has 0 aliphatic heterocycles. The highest BCUT2D eigenvalue weighted by atomic mass is 32.2. The van der Waals surface area contributed by atoms with E-state index in [1.807, 2.05) is 31.4 Å². The van der Waals surface area contributed by atoms with Crippen molar-refractivity contribution in [3.05, 3.63) is 38.7 Å². The molecule has 1 N–H and O–H groups in total. The Morgan fingerprint density at radius 2 is 2.14 bits per heavy atom. The monoisotopic (exact) mass is 344 g/mol. The van der Waals surface area contributed by atoms with E-state index in [-0.39, 0.29) is 6.04 Å². The lowest BCUT2D eigenvalue weighted by molar-refractivity contribution is 0.403. The number of rotatable bonds is 7. The maximum absolute atomic E-state index is 12.7. The van der Waals surface area contributed by atoms with Crippen LogP contribution in [-0.4, -0.2) is 26.3 Å². The molecule has 1 unspecified atom stereocenters. The molecule has 4 nitrogen and oxygen atoms in total. The highest BCUT2D eigenvalue weighted by Crippen LogP contribution is 2.30. The highest BCUT2D eigenvalue weighted by molar-refractivity contribution is 7.89. The van der Waals surface area contributed by atoms with Gasteiger partial charge >= 0.3 is 0 Å². The molecule has 0 spiro atoms. The molecular weight excluding hydrogens is 324 g/mol. The lowest BCUT2D eigenvalue weighted by atomic mass is 10.3. The Labute approximate surface area is 134 Å². The van der Waals surface area contributed by atoms with Crippen molar-refractivity contribution in [3.63, 3.8) is 0 Å². The van der Waals surface area contributed by atoms with E-state index in [4.69, 9.17) is 0 Å². The standard InChI is InChI=1S/C14H20N2O2S3/c1-4-15-9-12-8-13(10-20-12)21(17,18)16(3)11(2)14-6-5-7-19-14/h5-8,10-11,15H,4,9H2,1-3H3. The van der Waals surface area contributed by atoms with Gasteiger partial charge < -0.3 is 5.32 Å². The predicted octanol–water partition coefficient (Wildman–Crippen LogP) is 3.30. The summed E-state index contributed by atoms with van der Waals surface area (Å²) in [5.74, 6) is 0. The number of hydrogen-bond donors (Lipinski definition) is 1. The van der Waals surface area contributed by atoms with Crippen LogP contribution in [0.4, 0.5) is 0 Å². The van der Waals surface area contributed by atoms with Gasteiger partial charge in [0.05, 0.1) is 10.9 Å². The fourth-order valence-corrected chi connectivity index (χ4v) is 5.39. The van der Waals surface area contributed by atoms with E-state index >= 15 is 0 Å². The molecule has 0 aromatic carbocycles. The third kappa shape index (κ3) is 3.73. The maximum atomic E-state index is 12.7. The van der Waals surface area contributed by atoms with Gasteiger partial charge in [0.1, 0.15) is 0 Å². The summed E-state index contributed by atoms with van der Waals surface area (Å²) in [6.07, 6.45) is 0. The summed E-state index contributed by atoms with van der Waals surface area (Å²) in [6.45, 7) is 5.52. The molecule has 21 heavy (non-hydrogen) atoms. The van der Waals surface area contributed by atoms with E-state index in [1.165, 1.54) is 15.6 Å². The summed E-state index contributed by atoms with van der Waals surface area (Å²) in [6, 6.07) is 5.51. The zero-order chi connectivity index (χ0) is 15.5. The fraction of sp³-hybridized carbons (Fsp3) is 0.429. The summed E-state index contributed by atoms with van der Waals surface area (Å²) in [5, 5.41) is 6.89. The first-order valence-electron chi connectivity index (χ1n) is 6.76. The molecule has 0 aliphatic rings. The second-order valence-electron chi connectivity index (χ2n) is 4.74. The van der Waals surface area contributed by atoms with E-state index in [2.05, 4.69) is 5.32 Å². The SMILES string of the molecule is CCNCc1cc(S(=O)(=O)N(C)C(C)c2cccs2)cs1. The molecule has 116 valence electrons. The largest absolute Gasteiger partial charge is 0.312 e. The van der Waals surface area contributed by atoms with Gasteiger partial charge in [0.2, 0.25) is 10.0 Å². The lowest BCUT2D eigenvalue weighted by Crippen LogP contribution is -2.29. The Kier molecular flexibility index (Phi) is 5.56. The van der Waals surface area contributed by atoms with Crippen molar-refractivity contribution in [1.82, 2.24) is 9.62 Å². The minimum Gasteiger partial charge on any atom is -0.312 e. The van der Waals surface area contributed by atoms with E-state index < -0.39 is 10.0 Å². The van der Waals surface area contributed by atoms with Gasteiger partial charge in [-0.1, -0.05) is 13.0 Å². The van der Waals surface area contributed by atoms with Crippen LogP contribution in [0.25, 0.3) is 0 Å². The van der Waals surface area contributed by atoms with Crippen LogP contribution in [-0.2, 0) is 16.6 Å². The van der Waals surface area contributed by atoms with Crippen molar-refractivity contribution in [2.24, 2.45) is 0 Å². The molecule has 0 amide bonds. The molecule has 2 rings (SSSR count). The maximum Gasteiger partial charge on any atom is 0.244 e. The average Bonchev–Trinajstić information content (AvgIpc) is 3.14. The molecule has 0 saturated heterocycles. The van der Waals surface area contributed by atoms with Gasteiger partial charge in [0, 0.05) is 28.7 Å². The van der Waals surface area contributed by atoms with Crippen molar-refractivity contribution in [1.29, 1.82) is 0 Å². The van der Waals surface area contributed by atoms with Gasteiger partial charge in [-0.3, -0.25) is 0 Å². The van der Waals surface area contributed by atoms with Gasteiger partial charge in [-0.15, -0.1) is 22.7 Å². The molecule has 0 radical (unpaired) electrons. The van der Waals surface area contributed by atoms with Gasteiger partial charge in [-0.05, 0) is 31.0 Å². The highest BCUT2D eigenvalue weighted by Gasteiger charge is 2.27. The lowest BCUT2D eigenvalue weighted by Gasteiger charge is -2.22. The van der Waals surface area contributed by atoms with Crippen LogP contribution in [0.2, 0.25) is 0 Å². The summed E-state index contributed by atoms with van der Waals surface area (Å²) in [7, 11) is -1.81. The van der Waals surface area contributed by atoms with Crippen molar-refractivity contribution in [2.75, 3.05) is 13.6 Å². The minimum absolute atomic E-state index is 0.160. The Hall–Kier alpha value is -0.730.